The second-order valence-corrected chi connectivity index (χ2v) is 3.44. The van der Waals surface area contributed by atoms with E-state index in [4.69, 9.17) is 9.57 Å². The first-order valence-electron chi connectivity index (χ1n) is 5.47. The predicted molar refractivity (Wildman–Crippen MR) is 64.1 cm³/mol. The Kier molecular flexibility index (Phi) is 6.97. The van der Waals surface area contributed by atoms with Gasteiger partial charge in [-0.2, -0.15) is 5.48 Å². The van der Waals surface area contributed by atoms with Crippen molar-refractivity contribution in [3.05, 3.63) is 35.9 Å². The van der Waals surface area contributed by atoms with Crippen molar-refractivity contribution >= 4 is 5.91 Å². The van der Waals surface area contributed by atoms with E-state index in [0.29, 0.717) is 19.8 Å². The molecule has 0 unspecified atom stereocenters. The molecule has 0 atom stereocenters. The van der Waals surface area contributed by atoms with Crippen LogP contribution in [-0.2, 0) is 21.0 Å². The quantitative estimate of drug-likeness (QED) is 0.510. The molecule has 0 aliphatic rings. The number of carbonyl (C=O) groups is 1. The third-order valence-electron chi connectivity index (χ3n) is 2.04. The van der Waals surface area contributed by atoms with Crippen LogP contribution in [0.15, 0.2) is 30.3 Å². The fourth-order valence-corrected chi connectivity index (χ4v) is 1.18. The maximum atomic E-state index is 11.2. The molecule has 1 rings (SSSR count). The first-order valence-corrected chi connectivity index (χ1v) is 5.47. The van der Waals surface area contributed by atoms with Gasteiger partial charge < -0.3 is 10.1 Å². The van der Waals surface area contributed by atoms with Gasteiger partial charge in [0.2, 0.25) is 5.91 Å². The Balaban J connectivity index is 2.02. The van der Waals surface area contributed by atoms with Crippen molar-refractivity contribution < 1.29 is 14.4 Å². The first-order chi connectivity index (χ1) is 8.33. The Morgan fingerprint density at radius 1 is 1.29 bits per heavy atom. The smallest absolute Gasteiger partial charge is 0.236 e. The molecule has 1 aromatic rings. The molecular formula is C12H18N2O3. The molecule has 94 valence electrons. The predicted octanol–water partition coefficient (Wildman–Crippen LogP) is 0.470. The normalized spacial score (nSPS) is 10.2. The molecule has 5 nitrogen and oxygen atoms in total. The summed E-state index contributed by atoms with van der Waals surface area (Å²) in [7, 11) is 1.59. The summed E-state index contributed by atoms with van der Waals surface area (Å²) >= 11 is 0. The van der Waals surface area contributed by atoms with E-state index in [1.54, 1.807) is 7.11 Å². The molecule has 0 aliphatic heterocycles. The van der Waals surface area contributed by atoms with Crippen molar-refractivity contribution in [2.45, 2.75) is 6.61 Å². The number of nitrogens with one attached hydrogen (secondary N) is 2. The molecule has 1 amide bonds. The van der Waals surface area contributed by atoms with E-state index >= 15 is 0 Å². The van der Waals surface area contributed by atoms with Crippen LogP contribution >= 0.6 is 0 Å². The Bertz CT molecular complexity index is 317. The summed E-state index contributed by atoms with van der Waals surface area (Å²) in [6.45, 7) is 1.59. The van der Waals surface area contributed by atoms with Gasteiger partial charge in [-0.3, -0.25) is 9.63 Å². The monoisotopic (exact) mass is 238 g/mol. The van der Waals surface area contributed by atoms with Gasteiger partial charge in [0.25, 0.3) is 0 Å². The summed E-state index contributed by atoms with van der Waals surface area (Å²) in [5.74, 6) is -0.116. The third kappa shape index (κ3) is 6.68. The first kappa shape index (κ1) is 13.6. The average molecular weight is 238 g/mol. The van der Waals surface area contributed by atoms with Gasteiger partial charge in [0.1, 0.15) is 0 Å². The van der Waals surface area contributed by atoms with Crippen LogP contribution in [0.4, 0.5) is 0 Å². The highest BCUT2D eigenvalue weighted by atomic mass is 16.6. The van der Waals surface area contributed by atoms with Crippen molar-refractivity contribution in [1.29, 1.82) is 0 Å². The fraction of sp³-hybridized carbons (Fsp3) is 0.417. The molecule has 2 N–H and O–H groups in total. The minimum atomic E-state index is -0.116. The van der Waals surface area contributed by atoms with Gasteiger partial charge in [-0.25, -0.2) is 0 Å². The van der Waals surface area contributed by atoms with Crippen LogP contribution in [0, 0.1) is 0 Å². The van der Waals surface area contributed by atoms with Crippen molar-refractivity contribution in [2.75, 3.05) is 26.8 Å². The van der Waals surface area contributed by atoms with Gasteiger partial charge in [0, 0.05) is 13.7 Å². The van der Waals surface area contributed by atoms with Gasteiger partial charge in [0.15, 0.2) is 0 Å². The molecule has 0 aromatic heterocycles. The van der Waals surface area contributed by atoms with Gasteiger partial charge in [-0.05, 0) is 5.56 Å². The zero-order valence-electron chi connectivity index (χ0n) is 9.94. The van der Waals surface area contributed by atoms with Gasteiger partial charge in [-0.15, -0.1) is 0 Å². The molecule has 0 saturated carbocycles. The number of hydrogen-bond donors (Lipinski definition) is 2. The lowest BCUT2D eigenvalue weighted by Gasteiger charge is -2.06. The average Bonchev–Trinajstić information content (AvgIpc) is 2.36. The summed E-state index contributed by atoms with van der Waals surface area (Å²) in [6, 6.07) is 9.74. The zero-order chi connectivity index (χ0) is 12.3. The molecule has 0 radical (unpaired) electrons. The van der Waals surface area contributed by atoms with Crippen LogP contribution in [0.25, 0.3) is 0 Å². The highest BCUT2D eigenvalue weighted by molar-refractivity contribution is 5.77. The number of benzene rings is 1. The van der Waals surface area contributed by atoms with Crippen molar-refractivity contribution in [3.8, 4) is 0 Å². The van der Waals surface area contributed by atoms with E-state index in [2.05, 4.69) is 10.8 Å². The van der Waals surface area contributed by atoms with E-state index in [0.717, 1.165) is 5.56 Å². The summed E-state index contributed by atoms with van der Waals surface area (Å²) in [6.07, 6.45) is 0. The summed E-state index contributed by atoms with van der Waals surface area (Å²) < 4.78 is 4.81. The van der Waals surface area contributed by atoms with Gasteiger partial charge in [-0.1, -0.05) is 30.3 Å². The van der Waals surface area contributed by atoms with Crippen LogP contribution in [0.1, 0.15) is 5.56 Å². The molecule has 5 heteroatoms. The summed E-state index contributed by atoms with van der Waals surface area (Å²) in [5, 5.41) is 2.68. The highest BCUT2D eigenvalue weighted by Gasteiger charge is 1.99. The highest BCUT2D eigenvalue weighted by Crippen LogP contribution is 1.98. The van der Waals surface area contributed by atoms with E-state index in [1.165, 1.54) is 0 Å². The number of hydrogen-bond acceptors (Lipinski definition) is 4. The van der Waals surface area contributed by atoms with E-state index < -0.39 is 0 Å². The number of carbonyl (C=O) groups excluding carboxylic acids is 1. The molecule has 17 heavy (non-hydrogen) atoms. The maximum Gasteiger partial charge on any atom is 0.236 e. The van der Waals surface area contributed by atoms with E-state index in [-0.39, 0.29) is 12.5 Å². The van der Waals surface area contributed by atoms with Gasteiger partial charge >= 0.3 is 0 Å². The van der Waals surface area contributed by atoms with Crippen LogP contribution < -0.4 is 10.8 Å². The Morgan fingerprint density at radius 3 is 2.76 bits per heavy atom. The SMILES string of the molecule is COCCNC(=O)CNOCc1ccccc1. The zero-order valence-corrected chi connectivity index (χ0v) is 9.94. The molecule has 0 saturated heterocycles. The number of rotatable bonds is 8. The molecule has 0 aliphatic carbocycles. The molecule has 0 fully saturated rings. The number of methoxy groups -OCH3 is 1. The Morgan fingerprint density at radius 2 is 2.06 bits per heavy atom. The van der Waals surface area contributed by atoms with Crippen LogP contribution in [0.5, 0.6) is 0 Å². The fourth-order valence-electron chi connectivity index (χ4n) is 1.18. The third-order valence-corrected chi connectivity index (χ3v) is 2.04. The largest absolute Gasteiger partial charge is 0.383 e. The van der Waals surface area contributed by atoms with Gasteiger partial charge in [0.05, 0.1) is 19.8 Å². The van der Waals surface area contributed by atoms with Crippen LogP contribution in [0.2, 0.25) is 0 Å². The number of amides is 1. The summed E-state index contributed by atoms with van der Waals surface area (Å²) in [4.78, 5) is 16.4. The Labute approximate surface area is 101 Å². The lowest BCUT2D eigenvalue weighted by atomic mass is 10.2. The summed E-state index contributed by atoms with van der Waals surface area (Å²) in [5.41, 5.74) is 3.66. The standard InChI is InChI=1S/C12H18N2O3/c1-16-8-7-13-12(15)9-14-17-10-11-5-3-2-4-6-11/h2-6,14H,7-10H2,1H3,(H,13,15). The minimum absolute atomic E-state index is 0.116. The molecule has 0 bridgehead atoms. The number of ether oxygens (including phenoxy) is 1. The lowest BCUT2D eigenvalue weighted by molar-refractivity contribution is -0.123. The van der Waals surface area contributed by atoms with Crippen molar-refractivity contribution in [3.63, 3.8) is 0 Å². The second-order valence-electron chi connectivity index (χ2n) is 3.44. The second kappa shape index (κ2) is 8.69. The van der Waals surface area contributed by atoms with E-state index in [9.17, 15) is 4.79 Å². The molecule has 1 aromatic carbocycles. The van der Waals surface area contributed by atoms with E-state index in [1.807, 2.05) is 30.3 Å². The topological polar surface area (TPSA) is 59.6 Å². The number of hydroxylamine groups is 1. The molecule has 0 spiro atoms. The van der Waals surface area contributed by atoms with Crippen LogP contribution in [-0.4, -0.2) is 32.7 Å². The van der Waals surface area contributed by atoms with Crippen LogP contribution in [0.3, 0.4) is 0 Å². The maximum absolute atomic E-state index is 11.2. The van der Waals surface area contributed by atoms with Crippen molar-refractivity contribution in [1.82, 2.24) is 10.8 Å². The Hall–Kier alpha value is -1.43. The lowest BCUT2D eigenvalue weighted by Crippen LogP contribution is -2.35. The molecular weight excluding hydrogens is 220 g/mol. The molecule has 0 heterocycles. The minimum Gasteiger partial charge on any atom is -0.383 e. The van der Waals surface area contributed by atoms with Crippen molar-refractivity contribution in [2.24, 2.45) is 0 Å².